The van der Waals surface area contributed by atoms with Crippen molar-refractivity contribution in [2.75, 3.05) is 20.1 Å². The van der Waals surface area contributed by atoms with Crippen LogP contribution in [0, 0.1) is 5.92 Å². The maximum Gasteiger partial charge on any atom is 0.0320 e. The highest BCUT2D eigenvalue weighted by molar-refractivity contribution is 5.35. The van der Waals surface area contributed by atoms with Crippen LogP contribution in [0.5, 0.6) is 0 Å². The molecule has 1 aliphatic carbocycles. The molecule has 2 unspecified atom stereocenters. The third kappa shape index (κ3) is 3.01. The maximum absolute atomic E-state index is 3.52. The number of rotatable bonds is 4. The highest BCUT2D eigenvalue weighted by Gasteiger charge is 2.21. The van der Waals surface area contributed by atoms with Gasteiger partial charge < -0.3 is 10.6 Å². The van der Waals surface area contributed by atoms with Crippen LogP contribution in [0.2, 0.25) is 0 Å². The Morgan fingerprint density at radius 3 is 2.84 bits per heavy atom. The van der Waals surface area contributed by atoms with Gasteiger partial charge in [-0.05, 0) is 81.3 Å². The molecule has 104 valence electrons. The van der Waals surface area contributed by atoms with Crippen LogP contribution in [-0.2, 0) is 12.8 Å². The van der Waals surface area contributed by atoms with Crippen molar-refractivity contribution in [3.05, 3.63) is 34.9 Å². The van der Waals surface area contributed by atoms with E-state index in [9.17, 15) is 0 Å². The lowest BCUT2D eigenvalue weighted by atomic mass is 9.87. The monoisotopic (exact) mass is 258 g/mol. The summed E-state index contributed by atoms with van der Waals surface area (Å²) in [7, 11) is 2.10. The molecule has 0 amide bonds. The van der Waals surface area contributed by atoms with Crippen LogP contribution in [0.4, 0.5) is 0 Å². The summed E-state index contributed by atoms with van der Waals surface area (Å²) in [6, 6.07) is 7.73. The molecule has 2 heteroatoms. The van der Waals surface area contributed by atoms with Gasteiger partial charge in [0.05, 0.1) is 0 Å². The van der Waals surface area contributed by atoms with E-state index in [2.05, 4.69) is 35.9 Å². The van der Waals surface area contributed by atoms with Crippen molar-refractivity contribution in [3.63, 3.8) is 0 Å². The Kier molecular flexibility index (Phi) is 4.19. The van der Waals surface area contributed by atoms with Gasteiger partial charge in [-0.2, -0.15) is 0 Å². The minimum atomic E-state index is 0.525. The van der Waals surface area contributed by atoms with Crippen molar-refractivity contribution >= 4 is 0 Å². The number of hydrogen-bond acceptors (Lipinski definition) is 2. The molecule has 1 aromatic carbocycles. The molecule has 2 nitrogen and oxygen atoms in total. The fourth-order valence-electron chi connectivity index (χ4n) is 3.64. The first-order valence-electron chi connectivity index (χ1n) is 7.86. The van der Waals surface area contributed by atoms with Gasteiger partial charge >= 0.3 is 0 Å². The maximum atomic E-state index is 3.52. The van der Waals surface area contributed by atoms with E-state index >= 15 is 0 Å². The zero-order valence-electron chi connectivity index (χ0n) is 12.0. The van der Waals surface area contributed by atoms with Gasteiger partial charge in [-0.25, -0.2) is 0 Å². The molecular weight excluding hydrogens is 232 g/mol. The second-order valence-corrected chi connectivity index (χ2v) is 6.17. The highest BCUT2D eigenvalue weighted by atomic mass is 14.9. The summed E-state index contributed by atoms with van der Waals surface area (Å²) in [5.41, 5.74) is 4.69. The predicted octanol–water partition coefficient (Wildman–Crippen LogP) is 2.83. The van der Waals surface area contributed by atoms with Gasteiger partial charge in [-0.1, -0.05) is 18.2 Å². The average molecular weight is 258 g/mol. The molecule has 2 atom stereocenters. The molecule has 1 aromatic rings. The van der Waals surface area contributed by atoms with Crippen LogP contribution >= 0.6 is 0 Å². The van der Waals surface area contributed by atoms with Gasteiger partial charge in [0.25, 0.3) is 0 Å². The Labute approximate surface area is 117 Å². The topological polar surface area (TPSA) is 24.1 Å². The summed E-state index contributed by atoms with van der Waals surface area (Å²) in [5, 5.41) is 7.00. The van der Waals surface area contributed by atoms with Crippen LogP contribution < -0.4 is 10.6 Å². The molecule has 0 spiro atoms. The molecular formula is C17H26N2. The number of benzene rings is 1. The van der Waals surface area contributed by atoms with Gasteiger partial charge in [0, 0.05) is 6.04 Å². The van der Waals surface area contributed by atoms with Crippen molar-refractivity contribution < 1.29 is 0 Å². The quantitative estimate of drug-likeness (QED) is 0.868. The van der Waals surface area contributed by atoms with Crippen molar-refractivity contribution in [2.24, 2.45) is 5.92 Å². The van der Waals surface area contributed by atoms with Crippen molar-refractivity contribution in [3.8, 4) is 0 Å². The van der Waals surface area contributed by atoms with E-state index < -0.39 is 0 Å². The van der Waals surface area contributed by atoms with E-state index in [0.717, 1.165) is 5.92 Å². The molecule has 1 fully saturated rings. The SMILES string of the molecule is CNC(CC1CCNC1)c1ccc2c(c1)CCCC2. The largest absolute Gasteiger partial charge is 0.316 e. The molecule has 2 N–H and O–H groups in total. The van der Waals surface area contributed by atoms with E-state index in [1.54, 1.807) is 11.1 Å². The van der Waals surface area contributed by atoms with Crippen LogP contribution in [-0.4, -0.2) is 20.1 Å². The van der Waals surface area contributed by atoms with Gasteiger partial charge in [-0.3, -0.25) is 0 Å². The van der Waals surface area contributed by atoms with Crippen LogP contribution in [0.1, 0.15) is 48.4 Å². The lowest BCUT2D eigenvalue weighted by Crippen LogP contribution is -2.21. The second kappa shape index (κ2) is 6.06. The first-order valence-corrected chi connectivity index (χ1v) is 7.86. The summed E-state index contributed by atoms with van der Waals surface area (Å²) < 4.78 is 0. The minimum Gasteiger partial charge on any atom is -0.316 e. The minimum absolute atomic E-state index is 0.525. The zero-order chi connectivity index (χ0) is 13.1. The Morgan fingerprint density at radius 2 is 2.11 bits per heavy atom. The molecule has 1 heterocycles. The molecule has 1 saturated heterocycles. The summed E-state index contributed by atoms with van der Waals surface area (Å²) in [5.74, 6) is 0.841. The first kappa shape index (κ1) is 13.1. The zero-order valence-corrected chi connectivity index (χ0v) is 12.0. The summed E-state index contributed by atoms with van der Waals surface area (Å²) in [4.78, 5) is 0. The summed E-state index contributed by atoms with van der Waals surface area (Å²) in [6.07, 6.45) is 7.91. The Bertz CT molecular complexity index is 421. The van der Waals surface area contributed by atoms with Gasteiger partial charge in [0.2, 0.25) is 0 Å². The van der Waals surface area contributed by atoms with E-state index in [-0.39, 0.29) is 0 Å². The standard InChI is InChI=1S/C17H26N2/c1-18-17(10-13-8-9-19-12-13)16-7-6-14-4-2-3-5-15(14)11-16/h6-7,11,13,17-19H,2-5,8-10,12H2,1H3. The van der Waals surface area contributed by atoms with E-state index in [1.165, 1.54) is 57.2 Å². The van der Waals surface area contributed by atoms with Crippen molar-refractivity contribution in [1.82, 2.24) is 10.6 Å². The Hall–Kier alpha value is -0.860. The first-order chi connectivity index (χ1) is 9.36. The van der Waals surface area contributed by atoms with Crippen LogP contribution in [0.15, 0.2) is 18.2 Å². The molecule has 0 aromatic heterocycles. The number of nitrogens with one attached hydrogen (secondary N) is 2. The van der Waals surface area contributed by atoms with E-state index in [4.69, 9.17) is 0 Å². The average Bonchev–Trinajstić information content (AvgIpc) is 2.97. The van der Waals surface area contributed by atoms with Crippen LogP contribution in [0.3, 0.4) is 0 Å². The fraction of sp³-hybridized carbons (Fsp3) is 0.647. The molecule has 19 heavy (non-hydrogen) atoms. The number of fused-ring (bicyclic) bond motifs is 1. The molecule has 0 saturated carbocycles. The lowest BCUT2D eigenvalue weighted by Gasteiger charge is -2.23. The van der Waals surface area contributed by atoms with E-state index in [1.807, 2.05) is 0 Å². The molecule has 0 bridgehead atoms. The summed E-state index contributed by atoms with van der Waals surface area (Å²) >= 11 is 0. The number of hydrogen-bond donors (Lipinski definition) is 2. The van der Waals surface area contributed by atoms with Crippen molar-refractivity contribution in [1.29, 1.82) is 0 Å². The summed E-state index contributed by atoms with van der Waals surface area (Å²) in [6.45, 7) is 2.40. The number of aryl methyl sites for hydroxylation is 2. The molecule has 2 aliphatic rings. The highest BCUT2D eigenvalue weighted by Crippen LogP contribution is 2.28. The third-order valence-electron chi connectivity index (χ3n) is 4.85. The smallest absolute Gasteiger partial charge is 0.0320 e. The molecule has 1 aliphatic heterocycles. The van der Waals surface area contributed by atoms with Crippen molar-refractivity contribution in [2.45, 2.75) is 44.6 Å². The fourth-order valence-corrected chi connectivity index (χ4v) is 3.64. The Balaban J connectivity index is 1.74. The van der Waals surface area contributed by atoms with Gasteiger partial charge in [0.15, 0.2) is 0 Å². The second-order valence-electron chi connectivity index (χ2n) is 6.17. The van der Waals surface area contributed by atoms with Crippen LogP contribution in [0.25, 0.3) is 0 Å². The van der Waals surface area contributed by atoms with E-state index in [0.29, 0.717) is 6.04 Å². The normalized spacial score (nSPS) is 24.2. The lowest BCUT2D eigenvalue weighted by molar-refractivity contribution is 0.430. The van der Waals surface area contributed by atoms with Gasteiger partial charge in [-0.15, -0.1) is 0 Å². The Morgan fingerprint density at radius 1 is 1.26 bits per heavy atom. The predicted molar refractivity (Wildman–Crippen MR) is 80.5 cm³/mol. The third-order valence-corrected chi connectivity index (χ3v) is 4.85. The molecule has 0 radical (unpaired) electrons. The molecule has 3 rings (SSSR count). The van der Waals surface area contributed by atoms with Gasteiger partial charge in [0.1, 0.15) is 0 Å².